The first-order valence-electron chi connectivity index (χ1n) is 5.71. The van der Waals surface area contributed by atoms with Crippen molar-refractivity contribution in [2.45, 2.75) is 23.5 Å². The number of primary amides is 1. The third-order valence-corrected chi connectivity index (χ3v) is 4.07. The van der Waals surface area contributed by atoms with Crippen LogP contribution in [0.3, 0.4) is 0 Å². The van der Waals surface area contributed by atoms with Crippen molar-refractivity contribution in [1.29, 1.82) is 0 Å². The number of nitrogens with one attached hydrogen (secondary N) is 1. The molecule has 18 heavy (non-hydrogen) atoms. The van der Waals surface area contributed by atoms with Crippen LogP contribution < -0.4 is 11.1 Å². The van der Waals surface area contributed by atoms with Crippen molar-refractivity contribution >= 4 is 17.7 Å². The predicted molar refractivity (Wildman–Crippen MR) is 67.7 cm³/mol. The monoisotopic (exact) mass is 270 g/mol. The van der Waals surface area contributed by atoms with Crippen LogP contribution in [0.1, 0.15) is 18.0 Å². The molecule has 0 radical (unpaired) electrons. The summed E-state index contributed by atoms with van der Waals surface area (Å²) >= 11 is 1.49. The van der Waals surface area contributed by atoms with Crippen molar-refractivity contribution in [3.05, 3.63) is 29.6 Å². The fourth-order valence-corrected chi connectivity index (χ4v) is 3.09. The Morgan fingerprint density at radius 1 is 1.67 bits per heavy atom. The standard InChI is InChI=1S/C12H15FN2O2S/c13-8-3-1-2-7-9(4-5-18-11(7)8)15-6-10(16)12(14)17/h1-3,9-10,15-16H,4-6H2,(H2,14,17). The summed E-state index contributed by atoms with van der Waals surface area (Å²) < 4.78 is 13.6. The molecule has 4 N–H and O–H groups in total. The Bertz CT molecular complexity index is 456. The van der Waals surface area contributed by atoms with Crippen LogP contribution in [0.25, 0.3) is 0 Å². The van der Waals surface area contributed by atoms with E-state index in [9.17, 15) is 14.3 Å². The molecule has 0 fully saturated rings. The summed E-state index contributed by atoms with van der Waals surface area (Å²) in [6.07, 6.45) is -0.385. The number of fused-ring (bicyclic) bond motifs is 1. The molecular formula is C12H15FN2O2S. The Balaban J connectivity index is 2.09. The van der Waals surface area contributed by atoms with Gasteiger partial charge in [0.25, 0.3) is 0 Å². The van der Waals surface area contributed by atoms with E-state index in [2.05, 4.69) is 5.32 Å². The third-order valence-electron chi connectivity index (χ3n) is 2.91. The van der Waals surface area contributed by atoms with Gasteiger partial charge in [-0.2, -0.15) is 0 Å². The second-order valence-electron chi connectivity index (χ2n) is 4.17. The fourth-order valence-electron chi connectivity index (χ4n) is 1.95. The maximum atomic E-state index is 13.6. The van der Waals surface area contributed by atoms with Crippen molar-refractivity contribution in [3.63, 3.8) is 0 Å². The summed E-state index contributed by atoms with van der Waals surface area (Å²) in [6, 6.07) is 4.91. The average Bonchev–Trinajstić information content (AvgIpc) is 2.36. The molecule has 0 aromatic heterocycles. The summed E-state index contributed by atoms with van der Waals surface area (Å²) in [5, 5.41) is 12.4. The number of aliphatic hydroxyl groups excluding tert-OH is 1. The maximum Gasteiger partial charge on any atom is 0.247 e. The Kier molecular flexibility index (Phi) is 4.21. The molecule has 0 bridgehead atoms. The van der Waals surface area contributed by atoms with Gasteiger partial charge in [-0.25, -0.2) is 4.39 Å². The fraction of sp³-hybridized carbons (Fsp3) is 0.417. The average molecular weight is 270 g/mol. The molecule has 4 nitrogen and oxygen atoms in total. The van der Waals surface area contributed by atoms with E-state index in [-0.39, 0.29) is 18.4 Å². The summed E-state index contributed by atoms with van der Waals surface area (Å²) in [5.74, 6) is -0.176. The van der Waals surface area contributed by atoms with Gasteiger partial charge < -0.3 is 16.2 Å². The molecule has 0 aliphatic carbocycles. The zero-order valence-electron chi connectivity index (χ0n) is 9.73. The zero-order valence-corrected chi connectivity index (χ0v) is 10.5. The number of halogens is 1. The van der Waals surface area contributed by atoms with Gasteiger partial charge in [0.1, 0.15) is 11.9 Å². The number of carbonyl (C=O) groups excluding carboxylic acids is 1. The second kappa shape index (κ2) is 5.69. The van der Waals surface area contributed by atoms with Crippen LogP contribution in [-0.2, 0) is 4.79 Å². The molecule has 6 heteroatoms. The highest BCUT2D eigenvalue weighted by atomic mass is 32.2. The maximum absolute atomic E-state index is 13.6. The number of benzene rings is 1. The van der Waals surface area contributed by atoms with Gasteiger partial charge >= 0.3 is 0 Å². The van der Waals surface area contributed by atoms with Gasteiger partial charge in [-0.15, -0.1) is 11.8 Å². The number of amides is 1. The first kappa shape index (κ1) is 13.3. The van der Waals surface area contributed by atoms with Crippen LogP contribution >= 0.6 is 11.8 Å². The van der Waals surface area contributed by atoms with E-state index < -0.39 is 12.0 Å². The number of thioether (sulfide) groups is 1. The number of rotatable bonds is 4. The van der Waals surface area contributed by atoms with Crippen molar-refractivity contribution in [1.82, 2.24) is 5.32 Å². The van der Waals surface area contributed by atoms with E-state index in [1.165, 1.54) is 17.8 Å². The Labute approximate surface area is 109 Å². The zero-order chi connectivity index (χ0) is 13.1. The molecule has 2 unspecified atom stereocenters. The topological polar surface area (TPSA) is 75.4 Å². The van der Waals surface area contributed by atoms with Crippen LogP contribution in [0.5, 0.6) is 0 Å². The molecule has 1 aromatic carbocycles. The molecule has 0 saturated heterocycles. The van der Waals surface area contributed by atoms with Crippen molar-refractivity contribution in [3.8, 4) is 0 Å². The first-order chi connectivity index (χ1) is 8.59. The molecule has 0 spiro atoms. The van der Waals surface area contributed by atoms with Crippen LogP contribution in [0.4, 0.5) is 4.39 Å². The highest BCUT2D eigenvalue weighted by Crippen LogP contribution is 2.37. The van der Waals surface area contributed by atoms with Gasteiger partial charge in [-0.05, 0) is 23.8 Å². The van der Waals surface area contributed by atoms with Gasteiger partial charge in [-0.1, -0.05) is 12.1 Å². The molecule has 98 valence electrons. The second-order valence-corrected chi connectivity index (χ2v) is 5.28. The number of hydrogen-bond acceptors (Lipinski definition) is 4. The number of hydrogen-bond donors (Lipinski definition) is 3. The normalized spacial score (nSPS) is 20.2. The van der Waals surface area contributed by atoms with Gasteiger partial charge in [0.05, 0.1) is 0 Å². The SMILES string of the molecule is NC(=O)C(O)CNC1CCSc2c(F)cccc21. The summed E-state index contributed by atoms with van der Waals surface area (Å²) in [6.45, 7) is 0.0839. The van der Waals surface area contributed by atoms with E-state index in [1.54, 1.807) is 6.07 Å². The van der Waals surface area contributed by atoms with E-state index in [0.29, 0.717) is 4.90 Å². The molecule has 1 heterocycles. The molecule has 2 atom stereocenters. The van der Waals surface area contributed by atoms with Crippen LogP contribution in [-0.4, -0.2) is 29.4 Å². The number of aliphatic hydroxyl groups is 1. The van der Waals surface area contributed by atoms with Crippen LogP contribution in [0.15, 0.2) is 23.1 Å². The summed E-state index contributed by atoms with van der Waals surface area (Å²) in [4.78, 5) is 11.4. The van der Waals surface area contributed by atoms with Crippen molar-refractivity contribution in [2.75, 3.05) is 12.3 Å². The molecule has 2 rings (SSSR count). The Hall–Kier alpha value is -1.11. The number of carbonyl (C=O) groups is 1. The van der Waals surface area contributed by atoms with Gasteiger partial charge in [0.15, 0.2) is 0 Å². The first-order valence-corrected chi connectivity index (χ1v) is 6.70. The Morgan fingerprint density at radius 2 is 2.44 bits per heavy atom. The van der Waals surface area contributed by atoms with Crippen molar-refractivity contribution in [2.24, 2.45) is 5.73 Å². The van der Waals surface area contributed by atoms with Crippen LogP contribution in [0, 0.1) is 5.82 Å². The molecule has 1 aliphatic rings. The minimum absolute atomic E-state index is 0.0500. The minimum Gasteiger partial charge on any atom is -0.382 e. The molecule has 1 amide bonds. The quantitative estimate of drug-likeness (QED) is 0.756. The van der Waals surface area contributed by atoms with Gasteiger partial charge in [-0.3, -0.25) is 4.79 Å². The molecule has 0 saturated carbocycles. The highest BCUT2D eigenvalue weighted by molar-refractivity contribution is 7.99. The highest BCUT2D eigenvalue weighted by Gasteiger charge is 2.23. The van der Waals surface area contributed by atoms with Gasteiger partial charge in [0.2, 0.25) is 5.91 Å². The minimum atomic E-state index is -1.21. The predicted octanol–water partition coefficient (Wildman–Crippen LogP) is 0.798. The van der Waals surface area contributed by atoms with Crippen LogP contribution in [0.2, 0.25) is 0 Å². The molecule has 1 aromatic rings. The van der Waals surface area contributed by atoms with E-state index in [1.807, 2.05) is 6.07 Å². The lowest BCUT2D eigenvalue weighted by atomic mass is 10.0. The smallest absolute Gasteiger partial charge is 0.247 e. The molecular weight excluding hydrogens is 255 g/mol. The lowest BCUT2D eigenvalue weighted by Gasteiger charge is -2.26. The molecule has 1 aliphatic heterocycles. The largest absolute Gasteiger partial charge is 0.382 e. The summed E-state index contributed by atoms with van der Waals surface area (Å²) in [7, 11) is 0. The lowest BCUT2D eigenvalue weighted by molar-refractivity contribution is -0.125. The van der Waals surface area contributed by atoms with E-state index in [4.69, 9.17) is 5.73 Å². The Morgan fingerprint density at radius 3 is 3.17 bits per heavy atom. The van der Waals surface area contributed by atoms with E-state index >= 15 is 0 Å². The van der Waals surface area contributed by atoms with Crippen molar-refractivity contribution < 1.29 is 14.3 Å². The van der Waals surface area contributed by atoms with Gasteiger partial charge in [0, 0.05) is 17.5 Å². The lowest BCUT2D eigenvalue weighted by Crippen LogP contribution is -2.39. The van der Waals surface area contributed by atoms with E-state index in [0.717, 1.165) is 17.7 Å². The number of nitrogens with two attached hydrogens (primary N) is 1. The third kappa shape index (κ3) is 2.82. The summed E-state index contributed by atoms with van der Waals surface area (Å²) in [5.41, 5.74) is 5.85.